The van der Waals surface area contributed by atoms with Crippen LogP contribution in [0.25, 0.3) is 0 Å². The number of aromatic nitrogens is 2. The summed E-state index contributed by atoms with van der Waals surface area (Å²) < 4.78 is 6.90. The van der Waals surface area contributed by atoms with Gasteiger partial charge in [0.25, 0.3) is 17.5 Å². The Bertz CT molecular complexity index is 1590. The molecule has 4 aromatic rings. The molecule has 1 aliphatic heterocycles. The number of ether oxygens (including phenoxy) is 1. The minimum absolute atomic E-state index is 0.0861. The molecule has 1 aliphatic rings. The number of hydrogen-bond donors (Lipinski definition) is 3. The van der Waals surface area contributed by atoms with Gasteiger partial charge in [0.05, 0.1) is 29.5 Å². The minimum atomic E-state index is -0.782. The third kappa shape index (κ3) is 4.92. The number of allylic oxidation sites excluding steroid dienone is 1. The van der Waals surface area contributed by atoms with Gasteiger partial charge >= 0.3 is 0 Å². The van der Waals surface area contributed by atoms with Crippen LogP contribution < -0.4 is 20.7 Å². The van der Waals surface area contributed by atoms with Crippen molar-refractivity contribution < 1.29 is 19.2 Å². The molecule has 2 amide bonds. The quantitative estimate of drug-likeness (QED) is 0.229. The number of nitrogens with one attached hydrogen (secondary N) is 3. The Morgan fingerprint density at radius 1 is 0.974 bits per heavy atom. The van der Waals surface area contributed by atoms with Crippen LogP contribution in [0.4, 0.5) is 22.9 Å². The molecule has 0 unspecified atom stereocenters. The fourth-order valence-corrected chi connectivity index (χ4v) is 4.46. The van der Waals surface area contributed by atoms with E-state index in [2.05, 4.69) is 21.0 Å². The van der Waals surface area contributed by atoms with E-state index >= 15 is 0 Å². The van der Waals surface area contributed by atoms with Gasteiger partial charge in [0.1, 0.15) is 23.2 Å². The number of rotatable bonds is 7. The number of carbonyl (C=O) groups is 2. The third-order valence-electron chi connectivity index (χ3n) is 6.32. The molecule has 0 bridgehead atoms. The summed E-state index contributed by atoms with van der Waals surface area (Å²) in [4.78, 5) is 37.6. The second kappa shape index (κ2) is 10.5. The molecule has 0 spiro atoms. The van der Waals surface area contributed by atoms with Crippen molar-refractivity contribution in [3.8, 4) is 5.75 Å². The summed E-state index contributed by atoms with van der Waals surface area (Å²) in [5.74, 6) is 0.0638. The zero-order chi connectivity index (χ0) is 27.5. The molecule has 0 saturated carbocycles. The Morgan fingerprint density at radius 2 is 1.67 bits per heavy atom. The second-order valence-electron chi connectivity index (χ2n) is 8.74. The summed E-state index contributed by atoms with van der Waals surface area (Å²) >= 11 is 0. The van der Waals surface area contributed by atoms with E-state index in [1.807, 2.05) is 18.2 Å². The molecule has 5 rings (SSSR count). The van der Waals surface area contributed by atoms with Crippen LogP contribution in [-0.4, -0.2) is 33.6 Å². The molecule has 0 fully saturated rings. The maximum absolute atomic E-state index is 13.7. The number of non-ortho nitro benzene ring substituents is 1. The van der Waals surface area contributed by atoms with Gasteiger partial charge in [-0.05, 0) is 48.9 Å². The Hall–Kier alpha value is -5.45. The van der Waals surface area contributed by atoms with Gasteiger partial charge in [-0.3, -0.25) is 19.7 Å². The number of nitrogens with zero attached hydrogens (tertiary/aromatic N) is 3. The smallest absolute Gasteiger partial charge is 0.269 e. The van der Waals surface area contributed by atoms with Crippen LogP contribution in [0.1, 0.15) is 28.9 Å². The average molecular weight is 525 g/mol. The number of nitro groups is 1. The van der Waals surface area contributed by atoms with Gasteiger partial charge in [-0.2, -0.15) is 5.10 Å². The van der Waals surface area contributed by atoms with E-state index in [9.17, 15) is 19.7 Å². The molecule has 3 N–H and O–H groups in total. The first kappa shape index (κ1) is 25.2. The van der Waals surface area contributed by atoms with Crippen LogP contribution in [-0.2, 0) is 4.79 Å². The molecule has 1 atom stereocenters. The molecule has 39 heavy (non-hydrogen) atoms. The van der Waals surface area contributed by atoms with E-state index in [1.54, 1.807) is 55.5 Å². The maximum atomic E-state index is 13.7. The SMILES string of the molecule is COc1ccccc1NC(=O)C1=C(C)Nc2c(C(=O)Nc3ccccc3)cnn2[C@@H]1c1ccc([N+](=O)[O-])cc1. The summed E-state index contributed by atoms with van der Waals surface area (Å²) in [5, 5.41) is 24.6. The fourth-order valence-electron chi connectivity index (χ4n) is 4.46. The number of carbonyl (C=O) groups excluding carboxylic acids is 2. The van der Waals surface area contributed by atoms with E-state index in [4.69, 9.17) is 4.74 Å². The number of fused-ring (bicyclic) bond motifs is 1. The Balaban J connectivity index is 1.56. The highest BCUT2D eigenvalue weighted by Crippen LogP contribution is 2.39. The first-order valence-corrected chi connectivity index (χ1v) is 12.0. The van der Waals surface area contributed by atoms with Crippen LogP contribution in [0.2, 0.25) is 0 Å². The van der Waals surface area contributed by atoms with Crippen molar-refractivity contribution in [3.63, 3.8) is 0 Å². The van der Waals surface area contributed by atoms with Gasteiger partial charge in [-0.1, -0.05) is 30.3 Å². The van der Waals surface area contributed by atoms with Gasteiger partial charge in [0.2, 0.25) is 0 Å². The number of amides is 2. The molecule has 11 heteroatoms. The minimum Gasteiger partial charge on any atom is -0.495 e. The molecular weight excluding hydrogens is 500 g/mol. The third-order valence-corrected chi connectivity index (χ3v) is 6.32. The van der Waals surface area contributed by atoms with Gasteiger partial charge in [0, 0.05) is 23.5 Å². The van der Waals surface area contributed by atoms with Crippen molar-refractivity contribution in [1.82, 2.24) is 9.78 Å². The predicted molar refractivity (Wildman–Crippen MR) is 146 cm³/mol. The van der Waals surface area contributed by atoms with Crippen LogP contribution in [0.15, 0.2) is 96.3 Å². The summed E-state index contributed by atoms with van der Waals surface area (Å²) in [6.07, 6.45) is 1.42. The van der Waals surface area contributed by atoms with Crippen molar-refractivity contribution in [2.75, 3.05) is 23.1 Å². The summed E-state index contributed by atoms with van der Waals surface area (Å²) in [6, 6.07) is 21.1. The second-order valence-corrected chi connectivity index (χ2v) is 8.74. The number of benzene rings is 3. The number of hydrogen-bond acceptors (Lipinski definition) is 7. The highest BCUT2D eigenvalue weighted by Gasteiger charge is 2.35. The first-order valence-electron chi connectivity index (χ1n) is 12.0. The van der Waals surface area contributed by atoms with Crippen molar-refractivity contribution >= 4 is 34.7 Å². The van der Waals surface area contributed by atoms with Crippen LogP contribution >= 0.6 is 0 Å². The van der Waals surface area contributed by atoms with Crippen molar-refractivity contribution in [2.24, 2.45) is 0 Å². The van der Waals surface area contributed by atoms with E-state index in [0.29, 0.717) is 39.8 Å². The maximum Gasteiger partial charge on any atom is 0.269 e. The monoisotopic (exact) mass is 524 g/mol. The standard InChI is InChI=1S/C28H24N6O5/c1-17-24(28(36)32-22-10-6-7-11-23(22)39-2)25(18-12-14-20(15-13-18)34(37)38)33-26(30-17)21(16-29-33)27(35)31-19-8-4-3-5-9-19/h3-16,25,30H,1-2H3,(H,31,35)(H,32,36)/t25-/m1/s1. The van der Waals surface area contributed by atoms with Crippen molar-refractivity contribution in [2.45, 2.75) is 13.0 Å². The highest BCUT2D eigenvalue weighted by atomic mass is 16.6. The fraction of sp³-hybridized carbons (Fsp3) is 0.107. The molecule has 0 radical (unpaired) electrons. The predicted octanol–water partition coefficient (Wildman–Crippen LogP) is 4.98. The average Bonchev–Trinajstić information content (AvgIpc) is 3.36. The lowest BCUT2D eigenvalue weighted by molar-refractivity contribution is -0.384. The summed E-state index contributed by atoms with van der Waals surface area (Å²) in [5.41, 5.74) is 2.67. The molecule has 2 heterocycles. The molecule has 0 aliphatic carbocycles. The lowest BCUT2D eigenvalue weighted by atomic mass is 9.94. The van der Waals surface area contributed by atoms with Gasteiger partial charge in [0.15, 0.2) is 0 Å². The molecular formula is C28H24N6O5. The summed E-state index contributed by atoms with van der Waals surface area (Å²) in [7, 11) is 1.51. The molecule has 11 nitrogen and oxygen atoms in total. The van der Waals surface area contributed by atoms with Crippen LogP contribution in [0.3, 0.4) is 0 Å². The zero-order valence-electron chi connectivity index (χ0n) is 21.0. The first-order chi connectivity index (χ1) is 18.9. The van der Waals surface area contributed by atoms with E-state index in [1.165, 1.54) is 30.1 Å². The van der Waals surface area contributed by atoms with Crippen LogP contribution in [0, 0.1) is 10.1 Å². The molecule has 0 saturated heterocycles. The number of para-hydroxylation sites is 3. The Labute approximate surface area is 223 Å². The van der Waals surface area contributed by atoms with Crippen LogP contribution in [0.5, 0.6) is 5.75 Å². The van der Waals surface area contributed by atoms with Gasteiger partial charge in [-0.15, -0.1) is 0 Å². The highest BCUT2D eigenvalue weighted by molar-refractivity contribution is 6.09. The molecule has 196 valence electrons. The largest absolute Gasteiger partial charge is 0.495 e. The molecule has 3 aromatic carbocycles. The number of anilines is 3. The van der Waals surface area contributed by atoms with Crippen molar-refractivity contribution in [1.29, 1.82) is 0 Å². The number of nitro benzene ring substituents is 1. The topological polar surface area (TPSA) is 140 Å². The van der Waals surface area contributed by atoms with E-state index in [0.717, 1.165) is 0 Å². The van der Waals surface area contributed by atoms with E-state index < -0.39 is 16.9 Å². The van der Waals surface area contributed by atoms with Gasteiger partial charge < -0.3 is 20.7 Å². The zero-order valence-corrected chi connectivity index (χ0v) is 21.0. The lowest BCUT2D eigenvalue weighted by Gasteiger charge is -2.30. The normalized spacial score (nSPS) is 14.2. The Kier molecular flexibility index (Phi) is 6.79. The molecule has 1 aromatic heterocycles. The van der Waals surface area contributed by atoms with E-state index in [-0.39, 0.29) is 17.2 Å². The van der Waals surface area contributed by atoms with Crippen molar-refractivity contribution in [3.05, 3.63) is 118 Å². The lowest BCUT2D eigenvalue weighted by Crippen LogP contribution is -2.32. The Morgan fingerprint density at radius 3 is 2.36 bits per heavy atom. The number of methoxy groups -OCH3 is 1. The summed E-state index contributed by atoms with van der Waals surface area (Å²) in [6.45, 7) is 1.73. The van der Waals surface area contributed by atoms with Gasteiger partial charge in [-0.25, -0.2) is 4.68 Å².